The Labute approximate surface area is 132 Å². The summed E-state index contributed by atoms with van der Waals surface area (Å²) >= 11 is 1.58. The van der Waals surface area contributed by atoms with Crippen molar-refractivity contribution < 1.29 is 4.79 Å². The summed E-state index contributed by atoms with van der Waals surface area (Å²) in [7, 11) is 0. The molecule has 6 heteroatoms. The van der Waals surface area contributed by atoms with Gasteiger partial charge in [-0.25, -0.2) is 9.67 Å². The van der Waals surface area contributed by atoms with Gasteiger partial charge in [0.2, 0.25) is 5.91 Å². The Balaban J connectivity index is 1.69. The van der Waals surface area contributed by atoms with Crippen molar-refractivity contribution in [3.63, 3.8) is 0 Å². The maximum absolute atomic E-state index is 11.9. The zero-order valence-electron chi connectivity index (χ0n) is 12.4. The molecule has 0 atom stereocenters. The zero-order chi connectivity index (χ0) is 15.5. The Morgan fingerprint density at radius 3 is 2.77 bits per heavy atom. The standard InChI is InChI=1S/C16H16N4OS/c1-11-8-12(2)20(19-11)15-6-5-13(10-17-15)18-16(21)9-14-4-3-7-22-14/h3-8,10H,9H2,1-2H3,(H,18,21). The molecule has 22 heavy (non-hydrogen) atoms. The van der Waals surface area contributed by atoms with Gasteiger partial charge in [-0.15, -0.1) is 11.3 Å². The topological polar surface area (TPSA) is 59.8 Å². The van der Waals surface area contributed by atoms with Crippen LogP contribution in [0.1, 0.15) is 16.3 Å². The molecule has 0 saturated carbocycles. The lowest BCUT2D eigenvalue weighted by Crippen LogP contribution is -2.14. The fourth-order valence-corrected chi connectivity index (χ4v) is 2.93. The third kappa shape index (κ3) is 3.23. The number of hydrogen-bond donors (Lipinski definition) is 1. The molecule has 0 aliphatic rings. The molecule has 112 valence electrons. The first-order valence-corrected chi connectivity index (χ1v) is 7.82. The number of nitrogens with one attached hydrogen (secondary N) is 1. The summed E-state index contributed by atoms with van der Waals surface area (Å²) in [5, 5.41) is 9.21. The highest BCUT2D eigenvalue weighted by Crippen LogP contribution is 2.14. The SMILES string of the molecule is Cc1cc(C)n(-c2ccc(NC(=O)Cc3cccs3)cn2)n1. The van der Waals surface area contributed by atoms with Gasteiger partial charge in [0.15, 0.2) is 5.82 Å². The minimum Gasteiger partial charge on any atom is -0.324 e. The number of aryl methyl sites for hydroxylation is 2. The van der Waals surface area contributed by atoms with Gasteiger partial charge in [-0.1, -0.05) is 6.07 Å². The molecule has 0 aliphatic carbocycles. The van der Waals surface area contributed by atoms with Crippen molar-refractivity contribution in [2.75, 3.05) is 5.32 Å². The quantitative estimate of drug-likeness (QED) is 0.805. The highest BCUT2D eigenvalue weighted by Gasteiger charge is 2.07. The lowest BCUT2D eigenvalue weighted by atomic mass is 10.3. The Kier molecular flexibility index (Phi) is 4.02. The smallest absolute Gasteiger partial charge is 0.229 e. The first-order chi connectivity index (χ1) is 10.6. The van der Waals surface area contributed by atoms with E-state index < -0.39 is 0 Å². The fourth-order valence-electron chi connectivity index (χ4n) is 2.22. The summed E-state index contributed by atoms with van der Waals surface area (Å²) in [4.78, 5) is 17.3. The van der Waals surface area contributed by atoms with E-state index in [-0.39, 0.29) is 5.91 Å². The highest BCUT2D eigenvalue weighted by molar-refractivity contribution is 7.10. The molecule has 0 radical (unpaired) electrons. The van der Waals surface area contributed by atoms with Crippen molar-refractivity contribution in [1.29, 1.82) is 0 Å². The molecular weight excluding hydrogens is 296 g/mol. The monoisotopic (exact) mass is 312 g/mol. The molecule has 0 spiro atoms. The maximum atomic E-state index is 11.9. The average Bonchev–Trinajstić information content (AvgIpc) is 3.09. The number of rotatable bonds is 4. The zero-order valence-corrected chi connectivity index (χ0v) is 13.2. The predicted octanol–water partition coefficient (Wildman–Crippen LogP) is 3.13. The van der Waals surface area contributed by atoms with E-state index in [1.807, 2.05) is 49.6 Å². The van der Waals surface area contributed by atoms with Crippen LogP contribution in [-0.2, 0) is 11.2 Å². The predicted molar refractivity (Wildman–Crippen MR) is 87.5 cm³/mol. The van der Waals surface area contributed by atoms with Crippen LogP contribution >= 0.6 is 11.3 Å². The van der Waals surface area contributed by atoms with Gasteiger partial charge in [0.05, 0.1) is 24.0 Å². The molecule has 0 saturated heterocycles. The van der Waals surface area contributed by atoms with Crippen LogP contribution in [0.4, 0.5) is 5.69 Å². The number of carbonyl (C=O) groups is 1. The molecule has 1 N–H and O–H groups in total. The lowest BCUT2D eigenvalue weighted by Gasteiger charge is -2.06. The fraction of sp³-hybridized carbons (Fsp3) is 0.188. The van der Waals surface area contributed by atoms with E-state index in [1.165, 1.54) is 0 Å². The summed E-state index contributed by atoms with van der Waals surface area (Å²) in [6.45, 7) is 3.93. The van der Waals surface area contributed by atoms with Crippen LogP contribution < -0.4 is 5.32 Å². The molecule has 3 heterocycles. The van der Waals surface area contributed by atoms with Crippen LogP contribution in [0.25, 0.3) is 5.82 Å². The molecule has 0 aliphatic heterocycles. The van der Waals surface area contributed by atoms with Crippen molar-refractivity contribution in [3.05, 3.63) is 58.2 Å². The number of hydrogen-bond acceptors (Lipinski definition) is 4. The number of pyridine rings is 1. The number of nitrogens with zero attached hydrogens (tertiary/aromatic N) is 3. The lowest BCUT2D eigenvalue weighted by molar-refractivity contribution is -0.115. The number of amides is 1. The molecule has 0 aromatic carbocycles. The van der Waals surface area contributed by atoms with E-state index in [0.29, 0.717) is 12.1 Å². The molecule has 3 aromatic heterocycles. The second-order valence-corrected chi connectivity index (χ2v) is 6.08. The van der Waals surface area contributed by atoms with E-state index >= 15 is 0 Å². The van der Waals surface area contributed by atoms with Crippen LogP contribution in [0.5, 0.6) is 0 Å². The van der Waals surface area contributed by atoms with Crippen LogP contribution in [-0.4, -0.2) is 20.7 Å². The Morgan fingerprint density at radius 1 is 1.32 bits per heavy atom. The third-order valence-electron chi connectivity index (χ3n) is 3.17. The largest absolute Gasteiger partial charge is 0.324 e. The van der Waals surface area contributed by atoms with Gasteiger partial charge in [-0.3, -0.25) is 4.79 Å². The minimum absolute atomic E-state index is 0.0388. The van der Waals surface area contributed by atoms with Crippen molar-refractivity contribution in [2.45, 2.75) is 20.3 Å². The van der Waals surface area contributed by atoms with Gasteiger partial charge in [0, 0.05) is 10.6 Å². The van der Waals surface area contributed by atoms with Crippen LogP contribution in [0.3, 0.4) is 0 Å². The first kappa shape index (κ1) is 14.5. The highest BCUT2D eigenvalue weighted by atomic mass is 32.1. The molecule has 0 bridgehead atoms. The van der Waals surface area contributed by atoms with Crippen LogP contribution in [0.2, 0.25) is 0 Å². The number of thiophene rings is 1. The van der Waals surface area contributed by atoms with Gasteiger partial charge in [0.1, 0.15) is 0 Å². The maximum Gasteiger partial charge on any atom is 0.229 e. The Hall–Kier alpha value is -2.47. The van der Waals surface area contributed by atoms with E-state index in [4.69, 9.17) is 0 Å². The van der Waals surface area contributed by atoms with E-state index in [1.54, 1.807) is 22.2 Å². The van der Waals surface area contributed by atoms with Gasteiger partial charge in [0.25, 0.3) is 0 Å². The summed E-state index contributed by atoms with van der Waals surface area (Å²) in [6, 6.07) is 9.58. The van der Waals surface area contributed by atoms with Crippen molar-refractivity contribution in [2.24, 2.45) is 0 Å². The van der Waals surface area contributed by atoms with Crippen molar-refractivity contribution >= 4 is 22.9 Å². The minimum atomic E-state index is -0.0388. The summed E-state index contributed by atoms with van der Waals surface area (Å²) in [5.74, 6) is 0.699. The molecule has 3 aromatic rings. The normalized spacial score (nSPS) is 10.6. The summed E-state index contributed by atoms with van der Waals surface area (Å²) < 4.78 is 1.78. The van der Waals surface area contributed by atoms with Gasteiger partial charge in [-0.05, 0) is 43.5 Å². The van der Waals surface area contributed by atoms with E-state index in [0.717, 1.165) is 22.1 Å². The van der Waals surface area contributed by atoms with Gasteiger partial charge < -0.3 is 5.32 Å². The Bertz CT molecular complexity index is 775. The molecule has 3 rings (SSSR count). The van der Waals surface area contributed by atoms with Gasteiger partial charge in [-0.2, -0.15) is 5.10 Å². The number of carbonyl (C=O) groups excluding carboxylic acids is 1. The van der Waals surface area contributed by atoms with E-state index in [2.05, 4.69) is 15.4 Å². The van der Waals surface area contributed by atoms with E-state index in [9.17, 15) is 4.79 Å². The second kappa shape index (κ2) is 6.11. The average molecular weight is 312 g/mol. The number of aromatic nitrogens is 3. The van der Waals surface area contributed by atoms with Crippen molar-refractivity contribution in [1.82, 2.24) is 14.8 Å². The molecule has 0 unspecified atom stereocenters. The summed E-state index contributed by atoms with van der Waals surface area (Å²) in [6.07, 6.45) is 2.04. The van der Waals surface area contributed by atoms with Crippen molar-refractivity contribution in [3.8, 4) is 5.82 Å². The molecule has 1 amide bonds. The first-order valence-electron chi connectivity index (χ1n) is 6.94. The van der Waals surface area contributed by atoms with Gasteiger partial charge >= 0.3 is 0 Å². The third-order valence-corrected chi connectivity index (χ3v) is 4.05. The molecular formula is C16H16N4OS. The van der Waals surface area contributed by atoms with Crippen LogP contribution in [0.15, 0.2) is 41.9 Å². The second-order valence-electron chi connectivity index (χ2n) is 5.05. The summed E-state index contributed by atoms with van der Waals surface area (Å²) in [5.41, 5.74) is 2.67. The number of anilines is 1. The molecule has 5 nitrogen and oxygen atoms in total. The molecule has 0 fully saturated rings. The Morgan fingerprint density at radius 2 is 2.18 bits per heavy atom. The van der Waals surface area contributed by atoms with Crippen LogP contribution in [0, 0.1) is 13.8 Å².